The van der Waals surface area contributed by atoms with Crippen LogP contribution >= 0.6 is 27.3 Å². The Balaban J connectivity index is 1.94. The number of hydrogen-bond acceptors (Lipinski definition) is 4. The molecule has 3 rings (SSSR count). The second-order valence-electron chi connectivity index (χ2n) is 5.66. The van der Waals surface area contributed by atoms with Crippen molar-refractivity contribution in [3.05, 3.63) is 61.2 Å². The van der Waals surface area contributed by atoms with Crippen LogP contribution in [0.5, 0.6) is 0 Å². The Hall–Kier alpha value is -1.99. The van der Waals surface area contributed by atoms with Gasteiger partial charge in [-0.05, 0) is 54.0 Å². The molecule has 0 unspecified atom stereocenters. The molecule has 124 valence electrons. The lowest BCUT2D eigenvalue weighted by atomic mass is 10.2. The monoisotopic (exact) mass is 405 g/mol. The molecule has 0 saturated carbocycles. The van der Waals surface area contributed by atoms with Gasteiger partial charge in [-0.3, -0.25) is 9.59 Å². The van der Waals surface area contributed by atoms with E-state index in [1.807, 2.05) is 26.0 Å². The minimum absolute atomic E-state index is 0.0184. The van der Waals surface area contributed by atoms with Gasteiger partial charge in [0.1, 0.15) is 5.82 Å². The Morgan fingerprint density at radius 2 is 2.04 bits per heavy atom. The van der Waals surface area contributed by atoms with Gasteiger partial charge in [-0.2, -0.15) is 0 Å². The SMILES string of the molecule is CC(C)N(Cc1nc2ccccc2c(=O)[nH]1)C(=O)c1ccc(Br)s1. The van der Waals surface area contributed by atoms with Crippen LogP contribution in [0.3, 0.4) is 0 Å². The average molecular weight is 406 g/mol. The van der Waals surface area contributed by atoms with Gasteiger partial charge in [0.25, 0.3) is 11.5 Å². The average Bonchev–Trinajstić information content (AvgIpc) is 2.98. The maximum Gasteiger partial charge on any atom is 0.264 e. The van der Waals surface area contributed by atoms with E-state index in [9.17, 15) is 9.59 Å². The van der Waals surface area contributed by atoms with Crippen LogP contribution in [0, 0.1) is 0 Å². The Morgan fingerprint density at radius 1 is 1.29 bits per heavy atom. The summed E-state index contributed by atoms with van der Waals surface area (Å²) < 4.78 is 0.909. The number of benzene rings is 1. The first-order valence-electron chi connectivity index (χ1n) is 7.50. The number of H-pyrrole nitrogens is 1. The third-order valence-corrected chi connectivity index (χ3v) is 5.26. The van der Waals surface area contributed by atoms with E-state index < -0.39 is 0 Å². The number of para-hydroxylation sites is 1. The molecule has 0 atom stereocenters. The summed E-state index contributed by atoms with van der Waals surface area (Å²) in [5.74, 6) is 0.410. The number of thiophene rings is 1. The van der Waals surface area contributed by atoms with Gasteiger partial charge in [-0.15, -0.1) is 11.3 Å². The fourth-order valence-corrected chi connectivity index (χ4v) is 3.77. The van der Waals surface area contributed by atoms with E-state index in [4.69, 9.17) is 0 Å². The number of fused-ring (bicyclic) bond motifs is 1. The molecule has 0 bridgehead atoms. The number of aromatic nitrogens is 2. The summed E-state index contributed by atoms with van der Waals surface area (Å²) in [4.78, 5) is 34.6. The number of aromatic amines is 1. The number of nitrogens with one attached hydrogen (secondary N) is 1. The van der Waals surface area contributed by atoms with Crippen molar-refractivity contribution >= 4 is 44.1 Å². The number of nitrogens with zero attached hydrogens (tertiary/aromatic N) is 2. The summed E-state index contributed by atoms with van der Waals surface area (Å²) in [6.07, 6.45) is 0. The molecule has 1 aromatic carbocycles. The van der Waals surface area contributed by atoms with Gasteiger partial charge in [-0.25, -0.2) is 4.98 Å². The molecule has 0 fully saturated rings. The molecule has 7 heteroatoms. The van der Waals surface area contributed by atoms with Crippen molar-refractivity contribution in [1.29, 1.82) is 0 Å². The van der Waals surface area contributed by atoms with Crippen LogP contribution in [0.4, 0.5) is 0 Å². The fourth-order valence-electron chi connectivity index (χ4n) is 2.43. The van der Waals surface area contributed by atoms with Crippen molar-refractivity contribution in [2.24, 2.45) is 0 Å². The highest BCUT2D eigenvalue weighted by atomic mass is 79.9. The van der Waals surface area contributed by atoms with Crippen LogP contribution in [-0.4, -0.2) is 26.8 Å². The lowest BCUT2D eigenvalue weighted by molar-refractivity contribution is 0.0690. The first-order valence-corrected chi connectivity index (χ1v) is 9.11. The second-order valence-corrected chi connectivity index (χ2v) is 8.12. The summed E-state index contributed by atoms with van der Waals surface area (Å²) in [6.45, 7) is 4.14. The Morgan fingerprint density at radius 3 is 2.71 bits per heavy atom. The van der Waals surface area contributed by atoms with E-state index in [2.05, 4.69) is 25.9 Å². The van der Waals surface area contributed by atoms with Crippen molar-refractivity contribution in [3.63, 3.8) is 0 Å². The zero-order valence-corrected chi connectivity index (χ0v) is 15.6. The maximum absolute atomic E-state index is 12.7. The van der Waals surface area contributed by atoms with Gasteiger partial charge in [0.2, 0.25) is 0 Å². The van der Waals surface area contributed by atoms with Crippen molar-refractivity contribution in [3.8, 4) is 0 Å². The van der Waals surface area contributed by atoms with Gasteiger partial charge in [0, 0.05) is 6.04 Å². The van der Waals surface area contributed by atoms with Gasteiger partial charge in [0.05, 0.1) is 26.1 Å². The quantitative estimate of drug-likeness (QED) is 0.717. The molecule has 3 aromatic rings. The number of amides is 1. The number of carbonyl (C=O) groups is 1. The summed E-state index contributed by atoms with van der Waals surface area (Å²) in [6, 6.07) is 10.8. The number of halogens is 1. The van der Waals surface area contributed by atoms with Crippen LogP contribution in [0.25, 0.3) is 10.9 Å². The van der Waals surface area contributed by atoms with Crippen molar-refractivity contribution < 1.29 is 4.79 Å². The highest BCUT2D eigenvalue weighted by Crippen LogP contribution is 2.24. The molecular weight excluding hydrogens is 390 g/mol. The summed E-state index contributed by atoms with van der Waals surface area (Å²) >= 11 is 4.77. The normalized spacial score (nSPS) is 11.2. The summed E-state index contributed by atoms with van der Waals surface area (Å²) in [5.41, 5.74) is 0.442. The standard InChI is InChI=1S/C17H16BrN3O2S/c1-10(2)21(17(23)13-7-8-14(18)24-13)9-15-19-12-6-4-3-5-11(12)16(22)20-15/h3-8,10H,9H2,1-2H3,(H,19,20,22). The highest BCUT2D eigenvalue weighted by Gasteiger charge is 2.21. The van der Waals surface area contributed by atoms with Crippen LogP contribution in [0.2, 0.25) is 0 Å². The molecule has 2 heterocycles. The topological polar surface area (TPSA) is 66.1 Å². The molecule has 0 spiro atoms. The van der Waals surface area contributed by atoms with Crippen molar-refractivity contribution in [2.45, 2.75) is 26.4 Å². The van der Waals surface area contributed by atoms with E-state index in [0.717, 1.165) is 3.79 Å². The lowest BCUT2D eigenvalue weighted by Gasteiger charge is -2.25. The first kappa shape index (κ1) is 16.9. The molecule has 2 aromatic heterocycles. The van der Waals surface area contributed by atoms with Crippen LogP contribution in [0.15, 0.2) is 45.0 Å². The second kappa shape index (κ2) is 6.86. The molecule has 0 aliphatic heterocycles. The van der Waals surface area contributed by atoms with Gasteiger partial charge in [-0.1, -0.05) is 12.1 Å². The molecular formula is C17H16BrN3O2S. The molecule has 1 N–H and O–H groups in total. The Bertz CT molecular complexity index is 948. The molecule has 0 radical (unpaired) electrons. The van der Waals surface area contributed by atoms with Crippen LogP contribution in [-0.2, 0) is 6.54 Å². The van der Waals surface area contributed by atoms with Crippen molar-refractivity contribution in [2.75, 3.05) is 0 Å². The Kier molecular flexibility index (Phi) is 4.82. The zero-order valence-electron chi connectivity index (χ0n) is 13.2. The zero-order chi connectivity index (χ0) is 17.3. The third-order valence-electron chi connectivity index (χ3n) is 3.65. The summed E-state index contributed by atoms with van der Waals surface area (Å²) in [5, 5.41) is 0.547. The number of hydrogen-bond donors (Lipinski definition) is 1. The Labute approximate surface area is 151 Å². The minimum atomic E-state index is -0.189. The third kappa shape index (κ3) is 3.42. The number of rotatable bonds is 4. The molecule has 24 heavy (non-hydrogen) atoms. The van der Waals surface area contributed by atoms with Gasteiger partial charge in [0.15, 0.2) is 0 Å². The van der Waals surface area contributed by atoms with Crippen LogP contribution in [0.1, 0.15) is 29.3 Å². The van der Waals surface area contributed by atoms with E-state index >= 15 is 0 Å². The molecule has 0 aliphatic carbocycles. The molecule has 5 nitrogen and oxygen atoms in total. The summed E-state index contributed by atoms with van der Waals surface area (Å²) in [7, 11) is 0. The smallest absolute Gasteiger partial charge is 0.264 e. The van der Waals surface area contributed by atoms with E-state index in [0.29, 0.717) is 21.6 Å². The highest BCUT2D eigenvalue weighted by molar-refractivity contribution is 9.11. The molecule has 0 saturated heterocycles. The first-order chi connectivity index (χ1) is 11.5. The van der Waals surface area contributed by atoms with E-state index in [1.54, 1.807) is 29.2 Å². The maximum atomic E-state index is 12.7. The largest absolute Gasteiger partial charge is 0.328 e. The van der Waals surface area contributed by atoms with Gasteiger partial charge >= 0.3 is 0 Å². The van der Waals surface area contributed by atoms with E-state index in [-0.39, 0.29) is 24.1 Å². The molecule has 1 amide bonds. The number of carbonyl (C=O) groups excluding carboxylic acids is 1. The van der Waals surface area contributed by atoms with E-state index in [1.165, 1.54) is 11.3 Å². The van der Waals surface area contributed by atoms with Crippen molar-refractivity contribution in [1.82, 2.24) is 14.9 Å². The minimum Gasteiger partial charge on any atom is -0.328 e. The van der Waals surface area contributed by atoms with Crippen LogP contribution < -0.4 is 5.56 Å². The predicted molar refractivity (Wildman–Crippen MR) is 99.4 cm³/mol. The molecule has 0 aliphatic rings. The lowest BCUT2D eigenvalue weighted by Crippen LogP contribution is -2.37. The fraction of sp³-hybridized carbons (Fsp3) is 0.235. The predicted octanol–water partition coefficient (Wildman–Crippen LogP) is 3.80. The van der Waals surface area contributed by atoms with Gasteiger partial charge < -0.3 is 9.88 Å².